The van der Waals surface area contributed by atoms with E-state index in [2.05, 4.69) is 28.8 Å². The first-order chi connectivity index (χ1) is 18.8. The standard InChI is InChI=1S/C30H32ClFN6O/c1-36(2)19-14-38(15-19)30-34-28-23(29(35-30)37-12-17-7-8-18(13-37)27(17)33)11-24(31)25(26(28)32)22-10-20(39)9-16-5-3-4-6-21(16)22/h3-6,9-11,17-19,27,39H,7-8,12-15,33H2,1-2H3/t17-,18?,27?/m1/s1. The van der Waals surface area contributed by atoms with E-state index in [0.29, 0.717) is 34.8 Å². The molecule has 2 bridgehead atoms. The minimum absolute atomic E-state index is 0.0544. The fourth-order valence-corrected chi connectivity index (χ4v) is 6.98. The number of phenols is 1. The third-order valence-corrected chi connectivity index (χ3v) is 9.35. The number of benzene rings is 3. The van der Waals surface area contributed by atoms with Gasteiger partial charge in [0.05, 0.1) is 5.02 Å². The predicted molar refractivity (Wildman–Crippen MR) is 155 cm³/mol. The van der Waals surface area contributed by atoms with Gasteiger partial charge < -0.3 is 25.5 Å². The third-order valence-electron chi connectivity index (χ3n) is 9.05. The Bertz CT molecular complexity index is 1590. The van der Waals surface area contributed by atoms with Crippen LogP contribution in [-0.2, 0) is 0 Å². The van der Waals surface area contributed by atoms with Gasteiger partial charge in [-0.1, -0.05) is 35.9 Å². The van der Waals surface area contributed by atoms with Gasteiger partial charge in [-0.15, -0.1) is 0 Å². The fraction of sp³-hybridized carbons (Fsp3) is 0.400. The van der Waals surface area contributed by atoms with Crippen LogP contribution in [0.2, 0.25) is 5.02 Å². The summed E-state index contributed by atoms with van der Waals surface area (Å²) in [4.78, 5) is 16.4. The lowest BCUT2D eigenvalue weighted by molar-refractivity contribution is 0.245. The van der Waals surface area contributed by atoms with Crippen LogP contribution in [0, 0.1) is 17.7 Å². The molecule has 9 heteroatoms. The molecule has 2 unspecified atom stereocenters. The number of halogens is 2. The zero-order valence-corrected chi connectivity index (χ0v) is 22.9. The molecule has 7 rings (SSSR count). The first kappa shape index (κ1) is 24.8. The first-order valence-electron chi connectivity index (χ1n) is 13.6. The van der Waals surface area contributed by atoms with Crippen molar-refractivity contribution in [3.63, 3.8) is 0 Å². The molecule has 1 aromatic heterocycles. The molecular weight excluding hydrogens is 515 g/mol. The normalized spacial score (nSPS) is 23.3. The molecule has 3 heterocycles. The molecule has 3 atom stereocenters. The highest BCUT2D eigenvalue weighted by atomic mass is 35.5. The topological polar surface area (TPSA) is 81.8 Å². The predicted octanol–water partition coefficient (Wildman–Crippen LogP) is 4.87. The quantitative estimate of drug-likeness (QED) is 0.378. The summed E-state index contributed by atoms with van der Waals surface area (Å²) in [7, 11) is 4.13. The molecule has 1 aliphatic carbocycles. The Labute approximate surface area is 232 Å². The summed E-state index contributed by atoms with van der Waals surface area (Å²) in [6, 6.07) is 13.2. The smallest absolute Gasteiger partial charge is 0.228 e. The number of hydrogen-bond donors (Lipinski definition) is 2. The number of hydrogen-bond acceptors (Lipinski definition) is 7. The van der Waals surface area contributed by atoms with Gasteiger partial charge in [0.15, 0.2) is 5.82 Å². The number of rotatable bonds is 4. The van der Waals surface area contributed by atoms with Gasteiger partial charge in [0.1, 0.15) is 17.1 Å². The highest BCUT2D eigenvalue weighted by Crippen LogP contribution is 2.44. The number of fused-ring (bicyclic) bond motifs is 4. The van der Waals surface area contributed by atoms with Gasteiger partial charge in [0.2, 0.25) is 5.95 Å². The highest BCUT2D eigenvalue weighted by Gasteiger charge is 2.41. The zero-order chi connectivity index (χ0) is 27.0. The van der Waals surface area contributed by atoms with Crippen LogP contribution in [0.15, 0.2) is 42.5 Å². The molecule has 7 nitrogen and oxygen atoms in total. The van der Waals surface area contributed by atoms with Crippen LogP contribution >= 0.6 is 11.6 Å². The maximum absolute atomic E-state index is 16.7. The van der Waals surface area contributed by atoms with Crippen molar-refractivity contribution < 1.29 is 9.50 Å². The molecule has 1 saturated carbocycles. The SMILES string of the molecule is CN(C)C1CN(c2nc(N3CC4CC[C@H](C3)C4N)c3cc(Cl)c(-c4cc(O)cc5ccccc45)c(F)c3n2)C1. The molecule has 0 spiro atoms. The lowest BCUT2D eigenvalue weighted by atomic mass is 9.92. The van der Waals surface area contributed by atoms with E-state index < -0.39 is 5.82 Å². The van der Waals surface area contributed by atoms with Crippen LogP contribution in [0.25, 0.3) is 32.8 Å². The van der Waals surface area contributed by atoms with Crippen LogP contribution in [0.3, 0.4) is 0 Å². The van der Waals surface area contributed by atoms with Crippen molar-refractivity contribution in [1.29, 1.82) is 0 Å². The highest BCUT2D eigenvalue weighted by molar-refractivity contribution is 6.35. The third kappa shape index (κ3) is 4.00. The molecular formula is C30H32ClFN6O. The molecule has 3 aliphatic rings. The van der Waals surface area contributed by atoms with E-state index in [1.807, 2.05) is 24.3 Å². The molecule has 3 aromatic carbocycles. The van der Waals surface area contributed by atoms with Crippen molar-refractivity contribution in [2.45, 2.75) is 24.9 Å². The second kappa shape index (κ2) is 9.18. The van der Waals surface area contributed by atoms with Crippen LogP contribution < -0.4 is 15.5 Å². The largest absolute Gasteiger partial charge is 0.508 e. The summed E-state index contributed by atoms with van der Waals surface area (Å²) in [5, 5.41) is 13.0. The molecule has 202 valence electrons. The number of nitrogens with zero attached hydrogens (tertiary/aromatic N) is 5. The Balaban J connectivity index is 1.42. The Hall–Kier alpha value is -3.20. The summed E-state index contributed by atoms with van der Waals surface area (Å²) < 4.78 is 16.7. The van der Waals surface area contributed by atoms with Gasteiger partial charge in [-0.2, -0.15) is 4.98 Å². The monoisotopic (exact) mass is 546 g/mol. The van der Waals surface area contributed by atoms with Gasteiger partial charge in [0.25, 0.3) is 0 Å². The molecule has 39 heavy (non-hydrogen) atoms. The van der Waals surface area contributed by atoms with E-state index in [-0.39, 0.29) is 27.9 Å². The number of anilines is 2. The van der Waals surface area contributed by atoms with Gasteiger partial charge in [-0.25, -0.2) is 9.37 Å². The van der Waals surface area contributed by atoms with E-state index >= 15 is 4.39 Å². The Morgan fingerprint density at radius 3 is 2.41 bits per heavy atom. The van der Waals surface area contributed by atoms with E-state index in [0.717, 1.165) is 55.6 Å². The van der Waals surface area contributed by atoms with Crippen molar-refractivity contribution in [3.05, 3.63) is 53.3 Å². The van der Waals surface area contributed by atoms with Gasteiger partial charge in [-0.05, 0) is 73.3 Å². The van der Waals surface area contributed by atoms with Gasteiger partial charge in [0, 0.05) is 49.2 Å². The second-order valence-electron chi connectivity index (χ2n) is 11.6. The average molecular weight is 547 g/mol. The van der Waals surface area contributed by atoms with Gasteiger partial charge >= 0.3 is 0 Å². The molecule has 0 radical (unpaired) electrons. The molecule has 0 amide bonds. The van der Waals surface area contributed by atoms with Crippen LogP contribution in [-0.4, -0.2) is 72.3 Å². The molecule has 4 aromatic rings. The number of aromatic hydroxyl groups is 1. The summed E-state index contributed by atoms with van der Waals surface area (Å²) in [5.41, 5.74) is 7.53. The van der Waals surface area contributed by atoms with E-state index in [1.54, 1.807) is 18.2 Å². The number of nitrogens with two attached hydrogens (primary N) is 1. The summed E-state index contributed by atoms with van der Waals surface area (Å²) >= 11 is 6.86. The van der Waals surface area contributed by atoms with Crippen LogP contribution in [0.4, 0.5) is 16.2 Å². The number of piperidine rings is 1. The number of phenolic OH excluding ortho intramolecular Hbond substituents is 1. The van der Waals surface area contributed by atoms with Crippen LogP contribution in [0.5, 0.6) is 5.75 Å². The minimum Gasteiger partial charge on any atom is -0.508 e. The molecule has 3 fully saturated rings. The Morgan fingerprint density at radius 2 is 1.69 bits per heavy atom. The minimum atomic E-state index is -0.500. The maximum atomic E-state index is 16.7. The van der Waals surface area contributed by atoms with Crippen molar-refractivity contribution >= 4 is 45.0 Å². The number of likely N-dealkylation sites (N-methyl/N-ethyl adjacent to an activating group) is 1. The molecule has 3 N–H and O–H groups in total. The van der Waals surface area contributed by atoms with Crippen molar-refractivity contribution in [1.82, 2.24) is 14.9 Å². The summed E-state index contributed by atoms with van der Waals surface area (Å²) in [5.74, 6) is 1.61. The fourth-order valence-electron chi connectivity index (χ4n) is 6.68. The van der Waals surface area contributed by atoms with E-state index in [4.69, 9.17) is 27.3 Å². The molecule has 2 saturated heterocycles. The lowest BCUT2D eigenvalue weighted by Crippen LogP contribution is -2.58. The maximum Gasteiger partial charge on any atom is 0.228 e. The van der Waals surface area contributed by atoms with Crippen molar-refractivity contribution in [2.24, 2.45) is 17.6 Å². The van der Waals surface area contributed by atoms with Crippen molar-refractivity contribution in [3.8, 4) is 16.9 Å². The van der Waals surface area contributed by atoms with Gasteiger partial charge in [-0.3, -0.25) is 0 Å². The average Bonchev–Trinajstić information content (AvgIpc) is 3.07. The zero-order valence-electron chi connectivity index (χ0n) is 22.1. The van der Waals surface area contributed by atoms with E-state index in [9.17, 15) is 5.11 Å². The van der Waals surface area contributed by atoms with E-state index in [1.165, 1.54) is 0 Å². The summed E-state index contributed by atoms with van der Waals surface area (Å²) in [6.45, 7) is 3.16. The first-order valence-corrected chi connectivity index (χ1v) is 14.0. The number of aromatic nitrogens is 2. The van der Waals surface area contributed by atoms with Crippen LogP contribution in [0.1, 0.15) is 12.8 Å². The Morgan fingerprint density at radius 1 is 0.974 bits per heavy atom. The van der Waals surface area contributed by atoms with Crippen molar-refractivity contribution in [2.75, 3.05) is 50.1 Å². The lowest BCUT2D eigenvalue weighted by Gasteiger charge is -2.43. The Kier molecular flexibility index (Phi) is 5.84. The molecule has 2 aliphatic heterocycles. The summed E-state index contributed by atoms with van der Waals surface area (Å²) in [6.07, 6.45) is 2.22. The second-order valence-corrected chi connectivity index (χ2v) is 12.0.